The average molecular weight is 156 g/mol. The minimum Gasteiger partial charge on any atom is -0.273 e. The minimum absolute atomic E-state index is 0.00463. The summed E-state index contributed by atoms with van der Waals surface area (Å²) in [5.74, 6) is -0.00463. The quantitative estimate of drug-likeness (QED) is 0.552. The first kappa shape index (κ1) is 7.37. The van der Waals surface area contributed by atoms with E-state index in [4.69, 9.17) is 12.2 Å². The van der Waals surface area contributed by atoms with Gasteiger partial charge in [-0.3, -0.25) is 9.80 Å². The Morgan fingerprint density at radius 3 is 3.00 bits per heavy atom. The summed E-state index contributed by atoms with van der Waals surface area (Å²) < 4.78 is 0. The zero-order chi connectivity index (χ0) is 7.56. The zero-order valence-electron chi connectivity index (χ0n) is 5.63. The highest BCUT2D eigenvalue weighted by molar-refractivity contribution is 7.80. The van der Waals surface area contributed by atoms with Crippen molar-refractivity contribution in [3.05, 3.63) is 12.3 Å². The van der Waals surface area contributed by atoms with Gasteiger partial charge in [-0.05, 0) is 6.08 Å². The van der Waals surface area contributed by atoms with Crippen LogP contribution in [-0.2, 0) is 4.79 Å². The number of carbonyl (C=O) groups is 1. The van der Waals surface area contributed by atoms with Gasteiger partial charge in [0.1, 0.15) is 0 Å². The SMILES string of the molecule is CNN1C=CC(=S)CC1=O. The summed E-state index contributed by atoms with van der Waals surface area (Å²) >= 11 is 4.82. The highest BCUT2D eigenvalue weighted by atomic mass is 32.1. The van der Waals surface area contributed by atoms with Gasteiger partial charge in [-0.25, -0.2) is 5.43 Å². The topological polar surface area (TPSA) is 32.3 Å². The normalized spacial score (nSPS) is 18.3. The van der Waals surface area contributed by atoms with Crippen molar-refractivity contribution < 1.29 is 4.79 Å². The molecule has 0 aromatic rings. The Hall–Kier alpha value is -0.740. The van der Waals surface area contributed by atoms with E-state index >= 15 is 0 Å². The van der Waals surface area contributed by atoms with E-state index in [1.165, 1.54) is 5.01 Å². The number of amides is 1. The molecular formula is C6H8N2OS. The second-order valence-electron chi connectivity index (χ2n) is 1.95. The van der Waals surface area contributed by atoms with E-state index < -0.39 is 0 Å². The predicted molar refractivity (Wildman–Crippen MR) is 42.3 cm³/mol. The van der Waals surface area contributed by atoms with Crippen molar-refractivity contribution in [2.45, 2.75) is 6.42 Å². The van der Waals surface area contributed by atoms with Crippen molar-refractivity contribution in [2.24, 2.45) is 0 Å². The first-order valence-corrected chi connectivity index (χ1v) is 3.35. The van der Waals surface area contributed by atoms with Crippen LogP contribution >= 0.6 is 12.2 Å². The highest BCUT2D eigenvalue weighted by Gasteiger charge is 2.14. The third-order valence-electron chi connectivity index (χ3n) is 1.24. The average Bonchev–Trinajstić information content (AvgIpc) is 1.88. The van der Waals surface area contributed by atoms with Crippen LogP contribution in [-0.4, -0.2) is 22.8 Å². The number of allylic oxidation sites excluding steroid dienone is 1. The first-order valence-electron chi connectivity index (χ1n) is 2.94. The monoisotopic (exact) mass is 156 g/mol. The molecular weight excluding hydrogens is 148 g/mol. The summed E-state index contributed by atoms with van der Waals surface area (Å²) in [6.45, 7) is 0. The first-order chi connectivity index (χ1) is 4.74. The lowest BCUT2D eigenvalue weighted by atomic mass is 10.2. The summed E-state index contributed by atoms with van der Waals surface area (Å²) in [6, 6.07) is 0. The molecule has 0 saturated heterocycles. The molecule has 0 bridgehead atoms. The molecule has 54 valence electrons. The molecule has 1 N–H and O–H groups in total. The van der Waals surface area contributed by atoms with Crippen molar-refractivity contribution in [1.82, 2.24) is 10.4 Å². The number of carbonyl (C=O) groups excluding carboxylic acids is 1. The fourth-order valence-electron chi connectivity index (χ4n) is 0.733. The molecule has 0 fully saturated rings. The fraction of sp³-hybridized carbons (Fsp3) is 0.333. The van der Waals surface area contributed by atoms with E-state index in [-0.39, 0.29) is 5.91 Å². The van der Waals surface area contributed by atoms with Gasteiger partial charge in [0.25, 0.3) is 0 Å². The Morgan fingerprint density at radius 1 is 1.80 bits per heavy atom. The summed E-state index contributed by atoms with van der Waals surface area (Å²) in [7, 11) is 1.69. The van der Waals surface area contributed by atoms with Crippen molar-refractivity contribution in [3.63, 3.8) is 0 Å². The molecule has 3 nitrogen and oxygen atoms in total. The molecule has 0 aromatic heterocycles. The second kappa shape index (κ2) is 2.90. The molecule has 0 unspecified atom stereocenters. The van der Waals surface area contributed by atoms with Gasteiger partial charge in [0.05, 0.1) is 6.42 Å². The van der Waals surface area contributed by atoms with Crippen LogP contribution in [0.25, 0.3) is 0 Å². The van der Waals surface area contributed by atoms with Crippen LogP contribution in [0.15, 0.2) is 12.3 Å². The molecule has 0 radical (unpaired) electrons. The van der Waals surface area contributed by atoms with E-state index in [9.17, 15) is 4.79 Å². The standard InChI is InChI=1S/C6H8N2OS/c1-7-8-3-2-5(10)4-6(8)9/h2-3,7H,4H2,1H3. The molecule has 0 aromatic carbocycles. The second-order valence-corrected chi connectivity index (χ2v) is 2.47. The Kier molecular flexibility index (Phi) is 2.13. The van der Waals surface area contributed by atoms with Crippen LogP contribution in [0.1, 0.15) is 6.42 Å². The number of nitrogens with zero attached hydrogens (tertiary/aromatic N) is 1. The van der Waals surface area contributed by atoms with Crippen LogP contribution in [0.2, 0.25) is 0 Å². The molecule has 1 aliphatic heterocycles. The third kappa shape index (κ3) is 1.40. The minimum atomic E-state index is -0.00463. The molecule has 1 amide bonds. The molecule has 4 heteroatoms. The maximum absolute atomic E-state index is 11.0. The van der Waals surface area contributed by atoms with Crippen molar-refractivity contribution >= 4 is 23.0 Å². The number of hydrogen-bond donors (Lipinski definition) is 1. The zero-order valence-corrected chi connectivity index (χ0v) is 6.44. The molecule has 0 aliphatic carbocycles. The van der Waals surface area contributed by atoms with Gasteiger partial charge in [-0.2, -0.15) is 0 Å². The lowest BCUT2D eigenvalue weighted by Gasteiger charge is -2.19. The van der Waals surface area contributed by atoms with Gasteiger partial charge in [0.15, 0.2) is 0 Å². The van der Waals surface area contributed by atoms with Crippen molar-refractivity contribution in [1.29, 1.82) is 0 Å². The van der Waals surface area contributed by atoms with Crippen LogP contribution in [0.3, 0.4) is 0 Å². The van der Waals surface area contributed by atoms with E-state index in [1.54, 1.807) is 19.3 Å². The fourth-order valence-corrected chi connectivity index (χ4v) is 0.918. The largest absolute Gasteiger partial charge is 0.273 e. The van der Waals surface area contributed by atoms with Crippen molar-refractivity contribution in [3.8, 4) is 0 Å². The van der Waals surface area contributed by atoms with E-state index in [0.717, 1.165) is 0 Å². The lowest BCUT2D eigenvalue weighted by Crippen LogP contribution is -2.38. The van der Waals surface area contributed by atoms with Gasteiger partial charge >= 0.3 is 0 Å². The molecule has 0 saturated carbocycles. The highest BCUT2D eigenvalue weighted by Crippen LogP contribution is 2.02. The van der Waals surface area contributed by atoms with Gasteiger partial charge in [-0.15, -0.1) is 0 Å². The van der Waals surface area contributed by atoms with Crippen LogP contribution in [0, 0.1) is 0 Å². The van der Waals surface area contributed by atoms with Crippen LogP contribution in [0.4, 0.5) is 0 Å². The third-order valence-corrected chi connectivity index (χ3v) is 1.52. The number of nitrogens with one attached hydrogen (secondary N) is 1. The molecule has 1 aliphatic rings. The van der Waals surface area contributed by atoms with Gasteiger partial charge in [0.2, 0.25) is 5.91 Å². The Bertz CT molecular complexity index is 200. The number of rotatable bonds is 1. The molecule has 10 heavy (non-hydrogen) atoms. The molecule has 1 heterocycles. The predicted octanol–water partition coefficient (Wildman–Crippen LogP) is 0.237. The number of hydrazine groups is 1. The summed E-state index contributed by atoms with van der Waals surface area (Å²) in [5, 5.41) is 1.41. The van der Waals surface area contributed by atoms with Crippen LogP contribution in [0.5, 0.6) is 0 Å². The van der Waals surface area contributed by atoms with E-state index in [2.05, 4.69) is 5.43 Å². The summed E-state index contributed by atoms with van der Waals surface area (Å²) in [6.07, 6.45) is 3.72. The maximum atomic E-state index is 11.0. The van der Waals surface area contributed by atoms with E-state index in [1.807, 2.05) is 0 Å². The lowest BCUT2D eigenvalue weighted by molar-refractivity contribution is -0.129. The maximum Gasteiger partial charge on any atom is 0.246 e. The molecule has 0 atom stereocenters. The Morgan fingerprint density at radius 2 is 2.50 bits per heavy atom. The molecule has 0 spiro atoms. The molecule has 1 rings (SSSR count). The van der Waals surface area contributed by atoms with Crippen LogP contribution < -0.4 is 5.43 Å². The van der Waals surface area contributed by atoms with Crippen molar-refractivity contribution in [2.75, 3.05) is 7.05 Å². The Labute approximate surface area is 64.7 Å². The van der Waals surface area contributed by atoms with E-state index in [0.29, 0.717) is 11.3 Å². The number of hydrogen-bond acceptors (Lipinski definition) is 3. The Balaban J connectivity index is 2.71. The number of thiocarbonyl (C=S) groups is 1. The van der Waals surface area contributed by atoms with Gasteiger partial charge < -0.3 is 0 Å². The van der Waals surface area contributed by atoms with Gasteiger partial charge in [-0.1, -0.05) is 12.2 Å². The summed E-state index contributed by atoms with van der Waals surface area (Å²) in [5.41, 5.74) is 2.71. The summed E-state index contributed by atoms with van der Waals surface area (Å²) in [4.78, 5) is 11.7. The smallest absolute Gasteiger partial charge is 0.246 e. The van der Waals surface area contributed by atoms with Gasteiger partial charge in [0, 0.05) is 18.1 Å².